The van der Waals surface area contributed by atoms with Crippen molar-refractivity contribution in [1.29, 1.82) is 0 Å². The highest BCUT2D eigenvalue weighted by Gasteiger charge is 2.24. The summed E-state index contributed by atoms with van der Waals surface area (Å²) in [6, 6.07) is 8.06. The molecule has 2 aliphatic rings. The molecule has 0 spiro atoms. The standard InChI is InChI=1S/C23H34N6O3/c1-18-8-12-27(13-9-18)11-3-10-24-22(30)28-14-16-29(17-15-28)23-25-21(26-32-23)19-4-6-20(31-2)7-5-19/h4-7,18H,3,8-17H2,1-2H3,(H,24,30). The summed E-state index contributed by atoms with van der Waals surface area (Å²) in [6.07, 6.45) is 3.58. The van der Waals surface area contributed by atoms with Crippen LogP contribution in [0.2, 0.25) is 0 Å². The number of carbonyl (C=O) groups excluding carboxylic acids is 1. The maximum absolute atomic E-state index is 12.5. The number of anilines is 1. The molecule has 2 saturated heterocycles. The largest absolute Gasteiger partial charge is 0.497 e. The summed E-state index contributed by atoms with van der Waals surface area (Å²) >= 11 is 0. The number of piperidine rings is 1. The van der Waals surface area contributed by atoms with Gasteiger partial charge in [0.25, 0.3) is 0 Å². The minimum Gasteiger partial charge on any atom is -0.497 e. The lowest BCUT2D eigenvalue weighted by atomic mass is 9.99. The van der Waals surface area contributed by atoms with Gasteiger partial charge < -0.3 is 29.3 Å². The quantitative estimate of drug-likeness (QED) is 0.660. The van der Waals surface area contributed by atoms with Gasteiger partial charge in [0.05, 0.1) is 7.11 Å². The summed E-state index contributed by atoms with van der Waals surface area (Å²) in [4.78, 5) is 23.4. The Balaban J connectivity index is 1.18. The molecule has 4 rings (SSSR count). The van der Waals surface area contributed by atoms with E-state index in [2.05, 4.69) is 27.3 Å². The van der Waals surface area contributed by atoms with Gasteiger partial charge in [0.2, 0.25) is 5.82 Å². The number of piperazine rings is 1. The molecule has 0 saturated carbocycles. The summed E-state index contributed by atoms with van der Waals surface area (Å²) in [5, 5.41) is 7.17. The molecule has 0 atom stereocenters. The topological polar surface area (TPSA) is 87.0 Å². The van der Waals surface area contributed by atoms with Crippen molar-refractivity contribution >= 4 is 12.0 Å². The van der Waals surface area contributed by atoms with Crippen molar-refractivity contribution in [2.24, 2.45) is 5.92 Å². The molecule has 1 aromatic carbocycles. The van der Waals surface area contributed by atoms with Crippen LogP contribution in [0, 0.1) is 5.92 Å². The molecule has 1 N–H and O–H groups in total. The highest BCUT2D eigenvalue weighted by molar-refractivity contribution is 5.74. The van der Waals surface area contributed by atoms with E-state index in [4.69, 9.17) is 9.26 Å². The summed E-state index contributed by atoms with van der Waals surface area (Å²) in [5.74, 6) is 2.18. The number of nitrogens with one attached hydrogen (secondary N) is 1. The maximum Gasteiger partial charge on any atom is 0.324 e. The van der Waals surface area contributed by atoms with E-state index in [1.807, 2.05) is 34.1 Å². The number of benzene rings is 1. The van der Waals surface area contributed by atoms with Crippen molar-refractivity contribution in [1.82, 2.24) is 25.3 Å². The monoisotopic (exact) mass is 442 g/mol. The van der Waals surface area contributed by atoms with Crippen LogP contribution >= 0.6 is 0 Å². The number of ether oxygens (including phenoxy) is 1. The number of methoxy groups -OCH3 is 1. The third-order valence-corrected chi connectivity index (χ3v) is 6.40. The minimum atomic E-state index is 0.0152. The molecule has 0 bridgehead atoms. The Morgan fingerprint density at radius 1 is 1.12 bits per heavy atom. The number of hydrogen-bond donors (Lipinski definition) is 1. The second-order valence-corrected chi connectivity index (χ2v) is 8.71. The fraction of sp³-hybridized carbons (Fsp3) is 0.609. The zero-order valence-corrected chi connectivity index (χ0v) is 19.1. The third kappa shape index (κ3) is 5.70. The van der Waals surface area contributed by atoms with Gasteiger partial charge in [0.15, 0.2) is 0 Å². The van der Waals surface area contributed by atoms with Crippen molar-refractivity contribution in [3.63, 3.8) is 0 Å². The minimum absolute atomic E-state index is 0.0152. The molecule has 2 amide bonds. The van der Waals surface area contributed by atoms with Gasteiger partial charge in [0.1, 0.15) is 5.75 Å². The number of rotatable bonds is 7. The van der Waals surface area contributed by atoms with E-state index in [1.165, 1.54) is 25.9 Å². The van der Waals surface area contributed by atoms with E-state index < -0.39 is 0 Å². The van der Waals surface area contributed by atoms with E-state index in [-0.39, 0.29) is 6.03 Å². The lowest BCUT2D eigenvalue weighted by molar-refractivity contribution is 0.183. The Labute approximate surface area is 189 Å². The van der Waals surface area contributed by atoms with Crippen molar-refractivity contribution < 1.29 is 14.1 Å². The number of aromatic nitrogens is 2. The van der Waals surface area contributed by atoms with Crippen LogP contribution in [0.3, 0.4) is 0 Å². The molecular weight excluding hydrogens is 408 g/mol. The van der Waals surface area contributed by atoms with Crippen molar-refractivity contribution in [2.75, 3.05) is 64.4 Å². The molecule has 9 heteroatoms. The number of urea groups is 1. The van der Waals surface area contributed by atoms with E-state index in [9.17, 15) is 4.79 Å². The van der Waals surface area contributed by atoms with Crippen LogP contribution in [0.5, 0.6) is 5.75 Å². The second-order valence-electron chi connectivity index (χ2n) is 8.71. The van der Waals surface area contributed by atoms with Crippen LogP contribution in [0.4, 0.5) is 10.8 Å². The van der Waals surface area contributed by atoms with Crippen LogP contribution < -0.4 is 15.0 Å². The Hall–Kier alpha value is -2.81. The fourth-order valence-electron chi connectivity index (χ4n) is 4.20. The predicted octanol–water partition coefficient (Wildman–Crippen LogP) is 2.70. The Morgan fingerprint density at radius 2 is 1.84 bits per heavy atom. The van der Waals surface area contributed by atoms with Gasteiger partial charge in [-0.05, 0) is 69.1 Å². The van der Waals surface area contributed by atoms with Gasteiger partial charge in [-0.1, -0.05) is 12.1 Å². The molecule has 0 aliphatic carbocycles. The first-order valence-electron chi connectivity index (χ1n) is 11.6. The van der Waals surface area contributed by atoms with Gasteiger partial charge in [-0.2, -0.15) is 4.98 Å². The normalized spacial score (nSPS) is 18.1. The smallest absolute Gasteiger partial charge is 0.324 e. The zero-order chi connectivity index (χ0) is 22.3. The number of likely N-dealkylation sites (tertiary alicyclic amines) is 1. The number of nitrogens with zero attached hydrogens (tertiary/aromatic N) is 5. The van der Waals surface area contributed by atoms with Crippen molar-refractivity contribution in [3.8, 4) is 17.1 Å². The lowest BCUT2D eigenvalue weighted by Crippen LogP contribution is -2.52. The molecule has 32 heavy (non-hydrogen) atoms. The van der Waals surface area contributed by atoms with Gasteiger partial charge in [0, 0.05) is 38.3 Å². The molecule has 2 aromatic rings. The van der Waals surface area contributed by atoms with E-state index in [0.29, 0.717) is 38.0 Å². The van der Waals surface area contributed by atoms with Crippen LogP contribution in [0.25, 0.3) is 11.4 Å². The molecule has 0 radical (unpaired) electrons. The number of carbonyl (C=O) groups is 1. The lowest BCUT2D eigenvalue weighted by Gasteiger charge is -2.33. The molecule has 174 valence electrons. The van der Waals surface area contributed by atoms with E-state index >= 15 is 0 Å². The first-order valence-corrected chi connectivity index (χ1v) is 11.6. The number of amides is 2. The molecule has 2 fully saturated rings. The van der Waals surface area contributed by atoms with E-state index in [1.54, 1.807) is 7.11 Å². The summed E-state index contributed by atoms with van der Waals surface area (Å²) < 4.78 is 10.6. The average Bonchev–Trinajstić information content (AvgIpc) is 3.33. The van der Waals surface area contributed by atoms with Crippen LogP contribution in [0.1, 0.15) is 26.2 Å². The Kier molecular flexibility index (Phi) is 7.47. The predicted molar refractivity (Wildman–Crippen MR) is 123 cm³/mol. The second kappa shape index (κ2) is 10.7. The Bertz CT molecular complexity index is 855. The van der Waals surface area contributed by atoms with E-state index in [0.717, 1.165) is 36.7 Å². The van der Waals surface area contributed by atoms with Gasteiger partial charge >= 0.3 is 12.0 Å². The SMILES string of the molecule is COc1ccc(-c2noc(N3CCN(C(=O)NCCCN4CCC(C)CC4)CC3)n2)cc1. The first kappa shape index (κ1) is 22.4. The molecule has 0 unspecified atom stereocenters. The maximum atomic E-state index is 12.5. The van der Waals surface area contributed by atoms with Gasteiger partial charge in [-0.15, -0.1) is 0 Å². The molecule has 2 aliphatic heterocycles. The highest BCUT2D eigenvalue weighted by Crippen LogP contribution is 2.23. The van der Waals surface area contributed by atoms with Crippen molar-refractivity contribution in [2.45, 2.75) is 26.2 Å². The average molecular weight is 443 g/mol. The highest BCUT2D eigenvalue weighted by atomic mass is 16.5. The fourth-order valence-corrected chi connectivity index (χ4v) is 4.20. The van der Waals surface area contributed by atoms with Gasteiger partial charge in [-0.25, -0.2) is 4.79 Å². The zero-order valence-electron chi connectivity index (χ0n) is 19.1. The first-order chi connectivity index (χ1) is 15.6. The summed E-state index contributed by atoms with van der Waals surface area (Å²) in [5.41, 5.74) is 0.873. The van der Waals surface area contributed by atoms with Gasteiger partial charge in [-0.3, -0.25) is 0 Å². The van der Waals surface area contributed by atoms with Crippen molar-refractivity contribution in [3.05, 3.63) is 24.3 Å². The Morgan fingerprint density at radius 3 is 2.53 bits per heavy atom. The third-order valence-electron chi connectivity index (χ3n) is 6.40. The molecule has 9 nitrogen and oxygen atoms in total. The number of hydrogen-bond acceptors (Lipinski definition) is 7. The summed E-state index contributed by atoms with van der Waals surface area (Å²) in [6.45, 7) is 9.10. The van der Waals surface area contributed by atoms with Crippen LogP contribution in [0.15, 0.2) is 28.8 Å². The molecule has 3 heterocycles. The molecule has 1 aromatic heterocycles. The van der Waals surface area contributed by atoms with Crippen LogP contribution in [-0.4, -0.2) is 85.4 Å². The molecular formula is C23H34N6O3. The summed E-state index contributed by atoms with van der Waals surface area (Å²) in [7, 11) is 1.64. The van der Waals surface area contributed by atoms with Crippen LogP contribution in [-0.2, 0) is 0 Å².